The number of likely N-dealkylation sites (tertiary alicyclic amines) is 1. The van der Waals surface area contributed by atoms with Gasteiger partial charge in [-0.25, -0.2) is 0 Å². The Morgan fingerprint density at radius 2 is 1.89 bits per heavy atom. The summed E-state index contributed by atoms with van der Waals surface area (Å²) < 4.78 is 5.50. The van der Waals surface area contributed by atoms with Crippen LogP contribution in [0.4, 0.5) is 0 Å². The Morgan fingerprint density at radius 1 is 1.11 bits per heavy atom. The van der Waals surface area contributed by atoms with E-state index in [1.54, 1.807) is 24.3 Å². The fraction of sp³-hybridized carbons (Fsp3) is 0.364. The molecule has 5 heteroatoms. The van der Waals surface area contributed by atoms with Gasteiger partial charge in [-0.15, -0.1) is 0 Å². The summed E-state index contributed by atoms with van der Waals surface area (Å²) in [6, 6.07) is 17.7. The summed E-state index contributed by atoms with van der Waals surface area (Å²) in [6.07, 6.45) is 4.20. The van der Waals surface area contributed by atoms with Crippen LogP contribution in [0.2, 0.25) is 0 Å². The average molecular weight is 366 g/mol. The number of carbonyl (C=O) groups is 2. The lowest BCUT2D eigenvalue weighted by Crippen LogP contribution is -2.47. The SMILES string of the molecule is O=Cc1ccccc1OCC(=O)NCC1CCCCN1Cc1ccccc1. The third-order valence-corrected chi connectivity index (χ3v) is 4.92. The number of nitrogens with one attached hydrogen (secondary N) is 1. The van der Waals surface area contributed by atoms with Crippen LogP contribution < -0.4 is 10.1 Å². The van der Waals surface area contributed by atoms with Gasteiger partial charge in [-0.05, 0) is 37.1 Å². The first kappa shape index (κ1) is 19.1. The molecule has 2 aromatic rings. The Labute approximate surface area is 160 Å². The molecule has 1 fully saturated rings. The standard InChI is InChI=1S/C22H26N2O3/c25-16-19-10-4-5-12-21(19)27-17-22(26)23-14-20-11-6-7-13-24(20)15-18-8-2-1-3-9-18/h1-5,8-10,12,16,20H,6-7,11,13-15,17H2,(H,23,26). The molecule has 1 atom stereocenters. The molecule has 1 heterocycles. The predicted octanol–water partition coefficient (Wildman–Crippen LogP) is 3.05. The molecular weight excluding hydrogens is 340 g/mol. The van der Waals surface area contributed by atoms with E-state index in [0.717, 1.165) is 25.8 Å². The van der Waals surface area contributed by atoms with Crippen molar-refractivity contribution in [2.24, 2.45) is 0 Å². The number of ether oxygens (including phenoxy) is 1. The summed E-state index contributed by atoms with van der Waals surface area (Å²) in [6.45, 7) is 2.49. The smallest absolute Gasteiger partial charge is 0.257 e. The summed E-state index contributed by atoms with van der Waals surface area (Å²) in [5.74, 6) is 0.270. The number of hydrogen-bond donors (Lipinski definition) is 1. The molecule has 142 valence electrons. The van der Waals surface area contributed by atoms with Crippen molar-refractivity contribution >= 4 is 12.2 Å². The van der Waals surface area contributed by atoms with E-state index >= 15 is 0 Å². The van der Waals surface area contributed by atoms with Crippen molar-refractivity contribution in [3.8, 4) is 5.75 Å². The van der Waals surface area contributed by atoms with Crippen LogP contribution in [-0.4, -0.2) is 42.8 Å². The molecule has 0 aromatic heterocycles. The van der Waals surface area contributed by atoms with Gasteiger partial charge in [0.15, 0.2) is 12.9 Å². The van der Waals surface area contributed by atoms with Gasteiger partial charge in [0.25, 0.3) is 5.91 Å². The van der Waals surface area contributed by atoms with Gasteiger partial charge in [0.1, 0.15) is 5.75 Å². The number of aldehydes is 1. The minimum atomic E-state index is -0.166. The second-order valence-electron chi connectivity index (χ2n) is 6.85. The summed E-state index contributed by atoms with van der Waals surface area (Å²) in [5.41, 5.74) is 1.75. The van der Waals surface area contributed by atoms with Gasteiger partial charge in [-0.3, -0.25) is 14.5 Å². The summed E-state index contributed by atoms with van der Waals surface area (Å²) in [5, 5.41) is 2.98. The zero-order valence-corrected chi connectivity index (χ0v) is 15.5. The molecule has 27 heavy (non-hydrogen) atoms. The van der Waals surface area contributed by atoms with Crippen LogP contribution in [0.1, 0.15) is 35.2 Å². The first-order valence-corrected chi connectivity index (χ1v) is 9.48. The minimum Gasteiger partial charge on any atom is -0.483 e. The van der Waals surface area contributed by atoms with E-state index in [2.05, 4.69) is 34.5 Å². The maximum absolute atomic E-state index is 12.2. The van der Waals surface area contributed by atoms with Crippen LogP contribution in [0.5, 0.6) is 5.75 Å². The van der Waals surface area contributed by atoms with Gasteiger partial charge in [0.05, 0.1) is 5.56 Å². The highest BCUT2D eigenvalue weighted by Crippen LogP contribution is 2.19. The first-order chi connectivity index (χ1) is 13.3. The number of carbonyl (C=O) groups excluding carboxylic acids is 2. The molecule has 1 aliphatic rings. The first-order valence-electron chi connectivity index (χ1n) is 9.48. The van der Waals surface area contributed by atoms with E-state index in [0.29, 0.717) is 23.9 Å². The molecule has 3 rings (SSSR count). The Morgan fingerprint density at radius 3 is 2.70 bits per heavy atom. The largest absolute Gasteiger partial charge is 0.483 e. The Balaban J connectivity index is 1.48. The molecule has 0 radical (unpaired) electrons. The fourth-order valence-electron chi connectivity index (χ4n) is 3.45. The van der Waals surface area contributed by atoms with Gasteiger partial charge in [-0.2, -0.15) is 0 Å². The molecule has 0 spiro atoms. The van der Waals surface area contributed by atoms with Crippen molar-refractivity contribution < 1.29 is 14.3 Å². The number of nitrogens with zero attached hydrogens (tertiary/aromatic N) is 1. The average Bonchev–Trinajstić information content (AvgIpc) is 2.72. The number of hydrogen-bond acceptors (Lipinski definition) is 4. The van der Waals surface area contributed by atoms with Crippen LogP contribution in [0.3, 0.4) is 0 Å². The number of benzene rings is 2. The number of rotatable bonds is 8. The van der Waals surface area contributed by atoms with E-state index in [9.17, 15) is 9.59 Å². The Kier molecular flexibility index (Phi) is 6.99. The lowest BCUT2D eigenvalue weighted by molar-refractivity contribution is -0.123. The molecule has 1 unspecified atom stereocenters. The van der Waals surface area contributed by atoms with E-state index in [1.807, 2.05) is 6.07 Å². The maximum atomic E-state index is 12.2. The lowest BCUT2D eigenvalue weighted by atomic mass is 10.0. The number of piperidine rings is 1. The molecule has 0 saturated carbocycles. The van der Waals surface area contributed by atoms with E-state index < -0.39 is 0 Å². The van der Waals surface area contributed by atoms with Gasteiger partial charge in [-0.1, -0.05) is 48.9 Å². The van der Waals surface area contributed by atoms with Crippen molar-refractivity contribution in [1.82, 2.24) is 10.2 Å². The molecule has 1 aliphatic heterocycles. The summed E-state index contributed by atoms with van der Waals surface area (Å²) in [7, 11) is 0. The van der Waals surface area contributed by atoms with Crippen LogP contribution in [0.15, 0.2) is 54.6 Å². The lowest BCUT2D eigenvalue weighted by Gasteiger charge is -2.35. The van der Waals surface area contributed by atoms with Crippen molar-refractivity contribution in [3.05, 3.63) is 65.7 Å². The molecule has 1 N–H and O–H groups in total. The van der Waals surface area contributed by atoms with Gasteiger partial charge in [0, 0.05) is 19.1 Å². The topological polar surface area (TPSA) is 58.6 Å². The van der Waals surface area contributed by atoms with Crippen molar-refractivity contribution in [1.29, 1.82) is 0 Å². The number of amides is 1. The highest BCUT2D eigenvalue weighted by Gasteiger charge is 2.23. The molecule has 5 nitrogen and oxygen atoms in total. The van der Waals surface area contributed by atoms with Crippen molar-refractivity contribution in [2.45, 2.75) is 31.8 Å². The zero-order valence-electron chi connectivity index (χ0n) is 15.5. The normalized spacial score (nSPS) is 17.3. The third-order valence-electron chi connectivity index (χ3n) is 4.92. The van der Waals surface area contributed by atoms with Gasteiger partial charge >= 0.3 is 0 Å². The Bertz CT molecular complexity index is 748. The van der Waals surface area contributed by atoms with Crippen molar-refractivity contribution in [3.63, 3.8) is 0 Å². The molecular formula is C22H26N2O3. The van der Waals surface area contributed by atoms with Crippen LogP contribution in [0, 0.1) is 0 Å². The monoisotopic (exact) mass is 366 g/mol. The minimum absolute atomic E-state index is 0.0870. The van der Waals surface area contributed by atoms with Crippen LogP contribution >= 0.6 is 0 Å². The molecule has 0 aliphatic carbocycles. The predicted molar refractivity (Wildman–Crippen MR) is 105 cm³/mol. The molecule has 1 saturated heterocycles. The second kappa shape index (κ2) is 9.88. The van der Waals surface area contributed by atoms with Gasteiger partial charge in [0.2, 0.25) is 0 Å². The Hall–Kier alpha value is -2.66. The highest BCUT2D eigenvalue weighted by molar-refractivity contribution is 5.80. The molecule has 2 aromatic carbocycles. The van der Waals surface area contributed by atoms with Crippen molar-refractivity contribution in [2.75, 3.05) is 19.7 Å². The molecule has 0 bridgehead atoms. The quantitative estimate of drug-likeness (QED) is 0.730. The second-order valence-corrected chi connectivity index (χ2v) is 6.85. The fourth-order valence-corrected chi connectivity index (χ4v) is 3.45. The maximum Gasteiger partial charge on any atom is 0.257 e. The van der Waals surface area contributed by atoms with E-state index in [1.165, 1.54) is 18.4 Å². The van der Waals surface area contributed by atoms with Crippen LogP contribution in [0.25, 0.3) is 0 Å². The van der Waals surface area contributed by atoms with Gasteiger partial charge < -0.3 is 10.1 Å². The molecule has 1 amide bonds. The zero-order chi connectivity index (χ0) is 18.9. The summed E-state index contributed by atoms with van der Waals surface area (Å²) >= 11 is 0. The van der Waals surface area contributed by atoms with E-state index in [-0.39, 0.29) is 12.5 Å². The van der Waals surface area contributed by atoms with E-state index in [4.69, 9.17) is 4.74 Å². The third kappa shape index (κ3) is 5.66. The summed E-state index contributed by atoms with van der Waals surface area (Å²) in [4.78, 5) is 25.6. The number of para-hydroxylation sites is 1. The van der Waals surface area contributed by atoms with Crippen LogP contribution in [-0.2, 0) is 11.3 Å². The highest BCUT2D eigenvalue weighted by atomic mass is 16.5.